The fraction of sp³-hybridized carbons (Fsp3) is 0.250. The average Bonchev–Trinajstić information content (AvgIpc) is 2.50. The number of nitrogens with one attached hydrogen (secondary N) is 1. The van der Waals surface area contributed by atoms with Crippen LogP contribution in [-0.4, -0.2) is 24.5 Å². The predicted octanol–water partition coefficient (Wildman–Crippen LogP) is 2.61. The molecule has 1 heterocycles. The molecule has 0 atom stereocenters. The summed E-state index contributed by atoms with van der Waals surface area (Å²) in [5, 5.41) is 2.72. The Hall–Kier alpha value is -2.43. The molecule has 0 fully saturated rings. The van der Waals surface area contributed by atoms with E-state index in [0.717, 1.165) is 0 Å². The number of aromatic nitrogens is 1. The van der Waals surface area contributed by atoms with Gasteiger partial charge in [-0.2, -0.15) is 0 Å². The zero-order valence-electron chi connectivity index (χ0n) is 12.1. The number of carbonyl (C=O) groups is 1. The molecular formula is C16H18FN3O. The number of nitrogens with zero attached hydrogens (tertiary/aromatic N) is 2. The van der Waals surface area contributed by atoms with Crippen LogP contribution in [0.1, 0.15) is 22.8 Å². The van der Waals surface area contributed by atoms with E-state index >= 15 is 0 Å². The van der Waals surface area contributed by atoms with E-state index in [4.69, 9.17) is 0 Å². The Labute approximate surface area is 123 Å². The number of rotatable bonds is 5. The summed E-state index contributed by atoms with van der Waals surface area (Å²) in [5.74, 6) is 0.308. The fourth-order valence-corrected chi connectivity index (χ4v) is 1.97. The number of anilines is 1. The molecule has 5 heteroatoms. The Morgan fingerprint density at radius 2 is 2.05 bits per heavy atom. The van der Waals surface area contributed by atoms with Crippen molar-refractivity contribution in [1.82, 2.24) is 10.3 Å². The first kappa shape index (κ1) is 15.0. The molecule has 21 heavy (non-hydrogen) atoms. The molecule has 0 radical (unpaired) electrons. The quantitative estimate of drug-likeness (QED) is 0.919. The molecule has 1 aromatic carbocycles. The van der Waals surface area contributed by atoms with Gasteiger partial charge in [-0.15, -0.1) is 0 Å². The summed E-state index contributed by atoms with van der Waals surface area (Å²) in [6.45, 7) is 2.86. The molecule has 0 aliphatic heterocycles. The monoisotopic (exact) mass is 287 g/mol. The minimum atomic E-state index is -0.233. The number of halogens is 1. The highest BCUT2D eigenvalue weighted by Crippen LogP contribution is 2.15. The molecule has 0 unspecified atom stereocenters. The van der Waals surface area contributed by atoms with E-state index in [9.17, 15) is 9.18 Å². The van der Waals surface area contributed by atoms with Gasteiger partial charge >= 0.3 is 0 Å². The second kappa shape index (κ2) is 6.83. The van der Waals surface area contributed by atoms with Crippen molar-refractivity contribution < 1.29 is 9.18 Å². The van der Waals surface area contributed by atoms with Crippen molar-refractivity contribution in [2.45, 2.75) is 13.5 Å². The van der Waals surface area contributed by atoms with Gasteiger partial charge in [0.25, 0.3) is 5.91 Å². The van der Waals surface area contributed by atoms with E-state index in [-0.39, 0.29) is 11.7 Å². The summed E-state index contributed by atoms with van der Waals surface area (Å²) in [5.41, 5.74) is 1.12. The molecule has 2 aromatic rings. The van der Waals surface area contributed by atoms with Crippen molar-refractivity contribution in [3.8, 4) is 0 Å². The van der Waals surface area contributed by atoms with E-state index in [1.165, 1.54) is 12.3 Å². The maximum Gasteiger partial charge on any atom is 0.252 e. The average molecular weight is 287 g/mol. The fourth-order valence-electron chi connectivity index (χ4n) is 1.97. The summed E-state index contributed by atoms with van der Waals surface area (Å²) in [4.78, 5) is 17.7. The Bertz CT molecular complexity index is 613. The highest BCUT2D eigenvalue weighted by molar-refractivity contribution is 5.93. The van der Waals surface area contributed by atoms with Crippen molar-refractivity contribution in [3.05, 3.63) is 59.5 Å². The van der Waals surface area contributed by atoms with Crippen LogP contribution in [0.25, 0.3) is 0 Å². The minimum absolute atomic E-state index is 0.145. The molecule has 0 aliphatic rings. The topological polar surface area (TPSA) is 45.2 Å². The van der Waals surface area contributed by atoms with Gasteiger partial charge in [0.15, 0.2) is 0 Å². The van der Waals surface area contributed by atoms with E-state index < -0.39 is 0 Å². The highest BCUT2D eigenvalue weighted by atomic mass is 19.1. The molecule has 1 amide bonds. The summed E-state index contributed by atoms with van der Waals surface area (Å²) in [7, 11) is 1.83. The number of carbonyl (C=O) groups excluding carboxylic acids is 1. The molecule has 2 rings (SSSR count). The van der Waals surface area contributed by atoms with Gasteiger partial charge < -0.3 is 10.2 Å². The van der Waals surface area contributed by atoms with Crippen molar-refractivity contribution in [2.75, 3.05) is 18.5 Å². The smallest absolute Gasteiger partial charge is 0.252 e. The summed E-state index contributed by atoms with van der Waals surface area (Å²) >= 11 is 0. The first-order chi connectivity index (χ1) is 10.1. The van der Waals surface area contributed by atoms with Gasteiger partial charge in [0.2, 0.25) is 0 Å². The Morgan fingerprint density at radius 3 is 2.67 bits per heavy atom. The van der Waals surface area contributed by atoms with Crippen LogP contribution in [0, 0.1) is 5.82 Å². The number of benzene rings is 1. The molecule has 0 spiro atoms. The predicted molar refractivity (Wildman–Crippen MR) is 80.8 cm³/mol. The lowest BCUT2D eigenvalue weighted by Crippen LogP contribution is -2.23. The molecule has 1 aromatic heterocycles. The van der Waals surface area contributed by atoms with Gasteiger partial charge in [0.1, 0.15) is 11.6 Å². The summed E-state index contributed by atoms with van der Waals surface area (Å²) in [6, 6.07) is 10.1. The number of pyridine rings is 1. The lowest BCUT2D eigenvalue weighted by molar-refractivity contribution is 0.0955. The van der Waals surface area contributed by atoms with Crippen LogP contribution in [0.15, 0.2) is 42.6 Å². The first-order valence-electron chi connectivity index (χ1n) is 6.80. The summed E-state index contributed by atoms with van der Waals surface area (Å²) in [6.07, 6.45) is 1.53. The van der Waals surface area contributed by atoms with E-state index in [1.54, 1.807) is 30.3 Å². The molecule has 4 nitrogen and oxygen atoms in total. The number of amides is 1. The molecule has 1 N–H and O–H groups in total. The Kier molecular flexibility index (Phi) is 4.87. The lowest BCUT2D eigenvalue weighted by Gasteiger charge is -2.18. The highest BCUT2D eigenvalue weighted by Gasteiger charge is 2.09. The van der Waals surface area contributed by atoms with Gasteiger partial charge in [-0.25, -0.2) is 9.37 Å². The molecule has 0 aliphatic carbocycles. The Morgan fingerprint density at radius 1 is 1.29 bits per heavy atom. The van der Waals surface area contributed by atoms with Crippen LogP contribution in [0.4, 0.5) is 10.2 Å². The molecular weight excluding hydrogens is 269 g/mol. The Balaban J connectivity index is 2.08. The van der Waals surface area contributed by atoms with Gasteiger partial charge in [0.05, 0.1) is 5.56 Å². The molecule has 0 saturated carbocycles. The molecule has 0 bridgehead atoms. The maximum absolute atomic E-state index is 13.6. The third-order valence-electron chi connectivity index (χ3n) is 3.10. The van der Waals surface area contributed by atoms with Crippen LogP contribution in [0.2, 0.25) is 0 Å². The van der Waals surface area contributed by atoms with E-state index in [0.29, 0.717) is 30.0 Å². The zero-order chi connectivity index (χ0) is 15.2. The van der Waals surface area contributed by atoms with Crippen LogP contribution < -0.4 is 10.2 Å². The summed E-state index contributed by atoms with van der Waals surface area (Å²) < 4.78 is 13.6. The zero-order valence-corrected chi connectivity index (χ0v) is 12.1. The van der Waals surface area contributed by atoms with Crippen LogP contribution >= 0.6 is 0 Å². The third kappa shape index (κ3) is 3.78. The second-order valence-electron chi connectivity index (χ2n) is 4.71. The largest absolute Gasteiger partial charge is 0.355 e. The van der Waals surface area contributed by atoms with E-state index in [1.807, 2.05) is 18.9 Å². The number of hydrogen-bond acceptors (Lipinski definition) is 3. The first-order valence-corrected chi connectivity index (χ1v) is 6.80. The maximum atomic E-state index is 13.6. The third-order valence-corrected chi connectivity index (χ3v) is 3.10. The van der Waals surface area contributed by atoms with Crippen molar-refractivity contribution in [3.63, 3.8) is 0 Å². The van der Waals surface area contributed by atoms with Crippen LogP contribution in [0.5, 0.6) is 0 Å². The minimum Gasteiger partial charge on any atom is -0.355 e. The van der Waals surface area contributed by atoms with Crippen molar-refractivity contribution in [1.29, 1.82) is 0 Å². The SMILES string of the molecule is CCNC(=O)c1ccc(N(C)Cc2ccccc2F)nc1. The van der Waals surface area contributed by atoms with Crippen LogP contribution in [0.3, 0.4) is 0 Å². The number of hydrogen-bond donors (Lipinski definition) is 1. The molecule has 110 valence electrons. The van der Waals surface area contributed by atoms with Gasteiger partial charge in [-0.1, -0.05) is 18.2 Å². The van der Waals surface area contributed by atoms with Gasteiger partial charge in [-0.05, 0) is 25.1 Å². The van der Waals surface area contributed by atoms with Gasteiger partial charge in [-0.3, -0.25) is 4.79 Å². The lowest BCUT2D eigenvalue weighted by atomic mass is 10.2. The molecule has 0 saturated heterocycles. The van der Waals surface area contributed by atoms with Crippen LogP contribution in [-0.2, 0) is 6.54 Å². The van der Waals surface area contributed by atoms with Gasteiger partial charge in [0, 0.05) is 31.9 Å². The standard InChI is InChI=1S/C16H18FN3O/c1-3-18-16(21)12-8-9-15(19-10-12)20(2)11-13-6-4-5-7-14(13)17/h4-10H,3,11H2,1-2H3,(H,18,21). The normalized spacial score (nSPS) is 10.2. The second-order valence-corrected chi connectivity index (χ2v) is 4.71. The van der Waals surface area contributed by atoms with Crippen molar-refractivity contribution >= 4 is 11.7 Å². The van der Waals surface area contributed by atoms with E-state index in [2.05, 4.69) is 10.3 Å². The van der Waals surface area contributed by atoms with Crippen molar-refractivity contribution in [2.24, 2.45) is 0 Å².